The summed E-state index contributed by atoms with van der Waals surface area (Å²) >= 11 is 0. The van der Waals surface area contributed by atoms with Gasteiger partial charge in [0.15, 0.2) is 0 Å². The van der Waals surface area contributed by atoms with Gasteiger partial charge in [0.1, 0.15) is 11.5 Å². The molecule has 0 N–H and O–H groups in total. The van der Waals surface area contributed by atoms with Crippen molar-refractivity contribution < 1.29 is 9.47 Å². The molecule has 0 saturated heterocycles. The van der Waals surface area contributed by atoms with Crippen LogP contribution >= 0.6 is 0 Å². The molecule has 1 fully saturated rings. The van der Waals surface area contributed by atoms with Crippen molar-refractivity contribution in [2.75, 3.05) is 6.61 Å². The van der Waals surface area contributed by atoms with E-state index in [-0.39, 0.29) is 13.5 Å². The van der Waals surface area contributed by atoms with Gasteiger partial charge in [-0.05, 0) is 86.3 Å². The normalized spacial score (nSPS) is 14.7. The van der Waals surface area contributed by atoms with Crippen molar-refractivity contribution in [3.63, 3.8) is 0 Å². The van der Waals surface area contributed by atoms with Crippen molar-refractivity contribution in [1.29, 1.82) is 0 Å². The second kappa shape index (κ2) is 20.3. The third kappa shape index (κ3) is 13.1. The van der Waals surface area contributed by atoms with E-state index in [0.717, 1.165) is 36.9 Å². The molecule has 2 heteroatoms. The summed E-state index contributed by atoms with van der Waals surface area (Å²) in [6.07, 6.45) is 11.5. The Morgan fingerprint density at radius 3 is 1.89 bits per heavy atom. The maximum Gasteiger partial charge on any atom is 0.119 e. The zero-order valence-corrected chi connectivity index (χ0v) is 23.2. The number of benzene rings is 2. The average molecular weight is 485 g/mol. The van der Waals surface area contributed by atoms with Gasteiger partial charge < -0.3 is 9.47 Å². The molecule has 0 aliphatic heterocycles. The van der Waals surface area contributed by atoms with Crippen molar-refractivity contribution in [3.8, 4) is 11.5 Å². The smallest absolute Gasteiger partial charge is 0.119 e. The molecule has 2 aromatic rings. The number of hydrogen-bond donors (Lipinski definition) is 0. The molecule has 0 aromatic heterocycles. The van der Waals surface area contributed by atoms with E-state index in [0.29, 0.717) is 5.92 Å². The number of rotatable bonds is 10. The largest absolute Gasteiger partial charge is 0.494 e. The van der Waals surface area contributed by atoms with Crippen molar-refractivity contribution in [2.24, 2.45) is 0 Å². The number of hydrogen-bond acceptors (Lipinski definition) is 2. The second-order valence-corrected chi connectivity index (χ2v) is 9.41. The molecule has 0 radical (unpaired) electrons. The van der Waals surface area contributed by atoms with E-state index >= 15 is 0 Å². The Morgan fingerprint density at radius 1 is 0.800 bits per heavy atom. The highest BCUT2D eigenvalue weighted by Crippen LogP contribution is 2.33. The van der Waals surface area contributed by atoms with Gasteiger partial charge in [0.05, 0.1) is 12.7 Å². The van der Waals surface area contributed by atoms with Crippen molar-refractivity contribution in [1.82, 2.24) is 0 Å². The monoisotopic (exact) mass is 484 g/mol. The van der Waals surface area contributed by atoms with Crippen LogP contribution in [-0.2, 0) is 0 Å². The Morgan fingerprint density at radius 2 is 1.34 bits per heavy atom. The van der Waals surface area contributed by atoms with Gasteiger partial charge in [-0.2, -0.15) is 0 Å². The predicted molar refractivity (Wildman–Crippen MR) is 156 cm³/mol. The third-order valence-corrected chi connectivity index (χ3v) is 6.38. The molecule has 2 atom stereocenters. The van der Waals surface area contributed by atoms with E-state index in [2.05, 4.69) is 83.1 Å². The molecule has 1 saturated carbocycles. The van der Waals surface area contributed by atoms with Crippen LogP contribution in [0, 0.1) is 0 Å². The van der Waals surface area contributed by atoms with Crippen LogP contribution in [0.3, 0.4) is 0 Å². The highest BCUT2D eigenvalue weighted by Gasteiger charge is 2.15. The molecule has 0 bridgehead atoms. The molecule has 3 rings (SSSR count). The Balaban J connectivity index is 0.00000179. The first-order valence-electron chi connectivity index (χ1n) is 14.1. The Kier molecular flexibility index (Phi) is 19.1. The Hall–Kier alpha value is -1.96. The number of ether oxygens (including phenoxy) is 2. The topological polar surface area (TPSA) is 18.5 Å². The van der Waals surface area contributed by atoms with E-state index < -0.39 is 0 Å². The van der Waals surface area contributed by atoms with E-state index in [4.69, 9.17) is 9.47 Å². The van der Waals surface area contributed by atoms with E-state index in [1.807, 2.05) is 13.8 Å². The summed E-state index contributed by atoms with van der Waals surface area (Å²) in [5.41, 5.74) is 2.87. The van der Waals surface area contributed by atoms with Gasteiger partial charge in [-0.1, -0.05) is 98.9 Å². The minimum Gasteiger partial charge on any atom is -0.494 e. The molecule has 200 valence electrons. The maximum atomic E-state index is 6.06. The Labute approximate surface area is 218 Å². The lowest BCUT2D eigenvalue weighted by atomic mass is 9.84. The van der Waals surface area contributed by atoms with E-state index in [1.165, 1.54) is 56.1 Å². The zero-order chi connectivity index (χ0) is 25.2. The van der Waals surface area contributed by atoms with Crippen LogP contribution in [-0.4, -0.2) is 12.7 Å². The fourth-order valence-electron chi connectivity index (χ4n) is 4.23. The molecule has 1 aliphatic rings. The van der Waals surface area contributed by atoms with E-state index in [1.54, 1.807) is 0 Å². The standard InChI is InChI=1S/C27H38O2.C3H8.C2H6.CH4/c1-4-21(2)23-12-18-27(19-13-23)29-22(3)9-8-20-28-26-16-14-25(15-17-26)24-10-6-5-7-11-24;1-3-2;1-2;/h12-19,21-22,24H,4-11,20H2,1-3H3;3H2,1-2H3;1-2H3;1H4. The predicted octanol–water partition coefficient (Wildman–Crippen LogP) is 11.0. The lowest BCUT2D eigenvalue weighted by Crippen LogP contribution is -2.13. The fraction of sp³-hybridized carbons (Fsp3) is 0.636. The van der Waals surface area contributed by atoms with Gasteiger partial charge in [0.25, 0.3) is 0 Å². The van der Waals surface area contributed by atoms with Crippen LogP contribution in [0.4, 0.5) is 0 Å². The van der Waals surface area contributed by atoms with Gasteiger partial charge in [0.2, 0.25) is 0 Å². The van der Waals surface area contributed by atoms with Crippen LogP contribution in [0.15, 0.2) is 48.5 Å². The summed E-state index contributed by atoms with van der Waals surface area (Å²) in [5.74, 6) is 3.31. The minimum absolute atomic E-state index is 0. The Bertz CT molecular complexity index is 714. The minimum atomic E-state index is 0. The molecule has 0 spiro atoms. The van der Waals surface area contributed by atoms with Gasteiger partial charge in [-0.15, -0.1) is 0 Å². The molecular weight excluding hydrogens is 428 g/mol. The summed E-state index contributed by atoms with van der Waals surface area (Å²) in [6, 6.07) is 17.4. The van der Waals surface area contributed by atoms with Crippen LogP contribution in [0.2, 0.25) is 0 Å². The van der Waals surface area contributed by atoms with Crippen molar-refractivity contribution in [3.05, 3.63) is 59.7 Å². The molecule has 2 nitrogen and oxygen atoms in total. The van der Waals surface area contributed by atoms with Gasteiger partial charge >= 0.3 is 0 Å². The zero-order valence-electron chi connectivity index (χ0n) is 23.2. The molecular formula is C33H56O2. The van der Waals surface area contributed by atoms with E-state index in [9.17, 15) is 0 Å². The average Bonchev–Trinajstić information content (AvgIpc) is 2.89. The summed E-state index contributed by atoms with van der Waals surface area (Å²) in [6.45, 7) is 15.6. The molecule has 0 amide bonds. The second-order valence-electron chi connectivity index (χ2n) is 9.41. The van der Waals surface area contributed by atoms with Gasteiger partial charge in [0, 0.05) is 0 Å². The first-order valence-corrected chi connectivity index (χ1v) is 14.1. The van der Waals surface area contributed by atoms with Crippen molar-refractivity contribution >= 4 is 0 Å². The molecule has 0 heterocycles. The first kappa shape index (κ1) is 33.0. The summed E-state index contributed by atoms with van der Waals surface area (Å²) in [7, 11) is 0. The van der Waals surface area contributed by atoms with Crippen LogP contribution in [0.1, 0.15) is 137 Å². The summed E-state index contributed by atoms with van der Waals surface area (Å²) in [5, 5.41) is 0. The SMILES string of the molecule is C.CC.CCC.CCC(C)c1ccc(OC(C)CCCOc2ccc(C3CCCCC3)cc2)cc1. The molecule has 2 unspecified atom stereocenters. The molecule has 1 aliphatic carbocycles. The van der Waals surface area contributed by atoms with Crippen molar-refractivity contribution in [2.45, 2.75) is 132 Å². The highest BCUT2D eigenvalue weighted by molar-refractivity contribution is 5.30. The third-order valence-electron chi connectivity index (χ3n) is 6.38. The quantitative estimate of drug-likeness (QED) is 0.312. The summed E-state index contributed by atoms with van der Waals surface area (Å²) < 4.78 is 12.0. The lowest BCUT2D eigenvalue weighted by molar-refractivity contribution is 0.193. The summed E-state index contributed by atoms with van der Waals surface area (Å²) in [4.78, 5) is 0. The van der Waals surface area contributed by atoms with Crippen LogP contribution in [0.25, 0.3) is 0 Å². The molecule has 35 heavy (non-hydrogen) atoms. The van der Waals surface area contributed by atoms with Gasteiger partial charge in [-0.25, -0.2) is 0 Å². The maximum absolute atomic E-state index is 6.06. The van der Waals surface area contributed by atoms with Gasteiger partial charge in [-0.3, -0.25) is 0 Å². The van der Waals surface area contributed by atoms with Crippen LogP contribution in [0.5, 0.6) is 11.5 Å². The highest BCUT2D eigenvalue weighted by atomic mass is 16.5. The van der Waals surface area contributed by atoms with Crippen LogP contribution < -0.4 is 9.47 Å². The molecule has 2 aromatic carbocycles. The first-order chi connectivity index (χ1) is 16.6. The lowest BCUT2D eigenvalue weighted by Gasteiger charge is -2.22. The fourth-order valence-corrected chi connectivity index (χ4v) is 4.23.